The van der Waals surface area contributed by atoms with Gasteiger partial charge in [0.25, 0.3) is 5.91 Å². The summed E-state index contributed by atoms with van der Waals surface area (Å²) in [6, 6.07) is 14.9. The average molecular weight is 338 g/mol. The van der Waals surface area contributed by atoms with Crippen LogP contribution in [-0.2, 0) is 11.3 Å². The normalized spacial score (nSPS) is 14.6. The fourth-order valence-electron chi connectivity index (χ4n) is 2.96. The molecular formula is C20H22N2O3. The number of rotatable bonds is 4. The smallest absolute Gasteiger partial charge is 0.264 e. The number of nitrogens with zero attached hydrogens (tertiary/aromatic N) is 2. The lowest BCUT2D eigenvalue weighted by Crippen LogP contribution is -2.38. The van der Waals surface area contributed by atoms with E-state index >= 15 is 0 Å². The molecule has 0 spiro atoms. The van der Waals surface area contributed by atoms with Gasteiger partial charge in [-0.05, 0) is 37.7 Å². The molecule has 1 heterocycles. The van der Waals surface area contributed by atoms with Gasteiger partial charge < -0.3 is 14.5 Å². The summed E-state index contributed by atoms with van der Waals surface area (Å²) in [5.41, 5.74) is 2.65. The van der Waals surface area contributed by atoms with Crippen molar-refractivity contribution in [3.05, 3.63) is 59.7 Å². The van der Waals surface area contributed by atoms with Crippen molar-refractivity contribution in [3.63, 3.8) is 0 Å². The molecule has 0 fully saturated rings. The first-order valence-corrected chi connectivity index (χ1v) is 8.35. The standard InChI is InChI=1S/C20H22N2O3/c1-15(23)16-7-5-8-18(12-16)25-14-20(24)22-11-10-21(2)13-17-6-3-4-9-19(17)22/h3-9,12H,10-11,13-14H2,1-2H3. The summed E-state index contributed by atoms with van der Waals surface area (Å²) in [6.45, 7) is 3.71. The summed E-state index contributed by atoms with van der Waals surface area (Å²) in [4.78, 5) is 28.2. The van der Waals surface area contributed by atoms with Crippen LogP contribution in [0.15, 0.2) is 48.5 Å². The van der Waals surface area contributed by atoms with Gasteiger partial charge in [0.05, 0.1) is 0 Å². The monoisotopic (exact) mass is 338 g/mol. The van der Waals surface area contributed by atoms with Crippen LogP contribution < -0.4 is 9.64 Å². The van der Waals surface area contributed by atoms with E-state index in [0.717, 1.165) is 24.3 Å². The van der Waals surface area contributed by atoms with E-state index in [0.29, 0.717) is 17.9 Å². The van der Waals surface area contributed by atoms with Crippen molar-refractivity contribution in [2.45, 2.75) is 13.5 Å². The maximum Gasteiger partial charge on any atom is 0.264 e. The van der Waals surface area contributed by atoms with Crippen LogP contribution in [-0.4, -0.2) is 43.3 Å². The molecule has 0 saturated carbocycles. The number of hydrogen-bond donors (Lipinski definition) is 0. The highest BCUT2D eigenvalue weighted by atomic mass is 16.5. The summed E-state index contributed by atoms with van der Waals surface area (Å²) in [7, 11) is 2.05. The molecule has 0 aliphatic carbocycles. The fourth-order valence-corrected chi connectivity index (χ4v) is 2.96. The topological polar surface area (TPSA) is 49.9 Å². The highest BCUT2D eigenvalue weighted by molar-refractivity contribution is 5.96. The molecule has 1 aliphatic rings. The molecule has 0 bridgehead atoms. The molecule has 3 rings (SSSR count). The molecule has 0 aromatic heterocycles. The van der Waals surface area contributed by atoms with E-state index in [9.17, 15) is 9.59 Å². The molecule has 5 heteroatoms. The first-order chi connectivity index (χ1) is 12.0. The number of ether oxygens (including phenoxy) is 1. The molecule has 0 atom stereocenters. The van der Waals surface area contributed by atoms with Crippen LogP contribution in [0.4, 0.5) is 5.69 Å². The van der Waals surface area contributed by atoms with Crippen molar-refractivity contribution >= 4 is 17.4 Å². The van der Waals surface area contributed by atoms with Gasteiger partial charge in [0.15, 0.2) is 12.4 Å². The molecule has 0 unspecified atom stereocenters. The Balaban J connectivity index is 1.73. The molecule has 2 aromatic rings. The predicted molar refractivity (Wildman–Crippen MR) is 97.1 cm³/mol. The molecule has 25 heavy (non-hydrogen) atoms. The van der Waals surface area contributed by atoms with Gasteiger partial charge in [0, 0.05) is 30.9 Å². The zero-order valence-corrected chi connectivity index (χ0v) is 14.6. The number of Topliss-reactive ketones (excluding diaryl/α,β-unsaturated/α-hetero) is 1. The van der Waals surface area contributed by atoms with E-state index in [1.165, 1.54) is 6.92 Å². The molecule has 1 amide bonds. The second-order valence-electron chi connectivity index (χ2n) is 6.28. The van der Waals surface area contributed by atoms with Crippen molar-refractivity contribution in [2.75, 3.05) is 31.6 Å². The van der Waals surface area contributed by atoms with Crippen LogP contribution in [0.3, 0.4) is 0 Å². The third-order valence-electron chi connectivity index (χ3n) is 4.33. The van der Waals surface area contributed by atoms with Crippen LogP contribution in [0, 0.1) is 0 Å². The largest absolute Gasteiger partial charge is 0.484 e. The SMILES string of the molecule is CC(=O)c1cccc(OCC(=O)N2CCN(C)Cc3ccccc32)c1. The first-order valence-electron chi connectivity index (χ1n) is 8.35. The van der Waals surface area contributed by atoms with Crippen molar-refractivity contribution in [3.8, 4) is 5.75 Å². The number of likely N-dealkylation sites (N-methyl/N-ethyl adjacent to an activating group) is 1. The van der Waals surface area contributed by atoms with Crippen LogP contribution in [0.1, 0.15) is 22.8 Å². The number of fused-ring (bicyclic) bond motifs is 1. The van der Waals surface area contributed by atoms with E-state index in [2.05, 4.69) is 18.0 Å². The minimum Gasteiger partial charge on any atom is -0.484 e. The van der Waals surface area contributed by atoms with Crippen molar-refractivity contribution in [1.82, 2.24) is 4.90 Å². The Labute approximate surface area is 147 Å². The maximum absolute atomic E-state index is 12.7. The number of carbonyl (C=O) groups excluding carboxylic acids is 2. The van der Waals surface area contributed by atoms with Crippen molar-refractivity contribution < 1.29 is 14.3 Å². The zero-order valence-electron chi connectivity index (χ0n) is 14.6. The average Bonchev–Trinajstić information content (AvgIpc) is 2.78. The van der Waals surface area contributed by atoms with E-state index < -0.39 is 0 Å². The molecule has 1 aliphatic heterocycles. The van der Waals surface area contributed by atoms with Gasteiger partial charge in [-0.3, -0.25) is 9.59 Å². The number of anilines is 1. The maximum atomic E-state index is 12.7. The molecule has 130 valence electrons. The lowest BCUT2D eigenvalue weighted by atomic mass is 10.1. The highest BCUT2D eigenvalue weighted by Gasteiger charge is 2.23. The summed E-state index contributed by atoms with van der Waals surface area (Å²) >= 11 is 0. The Morgan fingerprint density at radius 2 is 1.88 bits per heavy atom. The molecular weight excluding hydrogens is 316 g/mol. The number of ketones is 1. The number of amides is 1. The Hall–Kier alpha value is -2.66. The number of carbonyl (C=O) groups is 2. The second-order valence-corrected chi connectivity index (χ2v) is 6.28. The third-order valence-corrected chi connectivity index (χ3v) is 4.33. The Kier molecular flexibility index (Phi) is 5.14. The van der Waals surface area contributed by atoms with E-state index in [1.807, 2.05) is 18.2 Å². The summed E-state index contributed by atoms with van der Waals surface area (Å²) in [6.07, 6.45) is 0. The number of para-hydroxylation sites is 1. The minimum absolute atomic E-state index is 0.0266. The molecule has 2 aromatic carbocycles. The van der Waals surface area contributed by atoms with Crippen LogP contribution in [0.2, 0.25) is 0 Å². The molecule has 0 N–H and O–H groups in total. The zero-order chi connectivity index (χ0) is 17.8. The fraction of sp³-hybridized carbons (Fsp3) is 0.300. The van der Waals surface area contributed by atoms with Crippen LogP contribution in [0.25, 0.3) is 0 Å². The molecule has 0 saturated heterocycles. The number of hydrogen-bond acceptors (Lipinski definition) is 4. The van der Waals surface area contributed by atoms with Gasteiger partial charge in [-0.1, -0.05) is 30.3 Å². The summed E-state index contributed by atoms with van der Waals surface area (Å²) in [5, 5.41) is 0. The van der Waals surface area contributed by atoms with E-state index in [-0.39, 0.29) is 18.3 Å². The van der Waals surface area contributed by atoms with Crippen molar-refractivity contribution in [2.24, 2.45) is 0 Å². The van der Waals surface area contributed by atoms with E-state index in [4.69, 9.17) is 4.74 Å². The Morgan fingerprint density at radius 1 is 1.08 bits per heavy atom. The highest BCUT2D eigenvalue weighted by Crippen LogP contribution is 2.24. The Morgan fingerprint density at radius 3 is 2.68 bits per heavy atom. The quantitative estimate of drug-likeness (QED) is 0.805. The van der Waals surface area contributed by atoms with Gasteiger partial charge in [0.1, 0.15) is 5.75 Å². The molecule has 5 nitrogen and oxygen atoms in total. The van der Waals surface area contributed by atoms with Crippen LogP contribution in [0.5, 0.6) is 5.75 Å². The predicted octanol–water partition coefficient (Wildman–Crippen LogP) is 2.75. The van der Waals surface area contributed by atoms with Gasteiger partial charge >= 0.3 is 0 Å². The van der Waals surface area contributed by atoms with Gasteiger partial charge in [-0.15, -0.1) is 0 Å². The molecule has 0 radical (unpaired) electrons. The van der Waals surface area contributed by atoms with Gasteiger partial charge in [-0.25, -0.2) is 0 Å². The second kappa shape index (κ2) is 7.49. The lowest BCUT2D eigenvalue weighted by Gasteiger charge is -2.22. The first kappa shape index (κ1) is 17.2. The Bertz CT molecular complexity index is 788. The van der Waals surface area contributed by atoms with E-state index in [1.54, 1.807) is 29.2 Å². The lowest BCUT2D eigenvalue weighted by molar-refractivity contribution is -0.120. The van der Waals surface area contributed by atoms with Gasteiger partial charge in [-0.2, -0.15) is 0 Å². The number of benzene rings is 2. The minimum atomic E-state index is -0.0871. The third kappa shape index (κ3) is 4.06. The van der Waals surface area contributed by atoms with Crippen molar-refractivity contribution in [1.29, 1.82) is 0 Å². The van der Waals surface area contributed by atoms with Crippen LogP contribution >= 0.6 is 0 Å². The summed E-state index contributed by atoms with van der Waals surface area (Å²) < 4.78 is 5.64. The van der Waals surface area contributed by atoms with Gasteiger partial charge in [0.2, 0.25) is 0 Å². The summed E-state index contributed by atoms with van der Waals surface area (Å²) in [5.74, 6) is 0.415.